The SMILES string of the molecule is CCCc1nc(S/C(=C\c2ccccc2Cl)C(=O)[O-])n[nH]1. The third-order valence-corrected chi connectivity index (χ3v) is 3.81. The molecule has 0 unspecified atom stereocenters. The van der Waals surface area contributed by atoms with Crippen LogP contribution in [0.15, 0.2) is 34.3 Å². The number of H-pyrrole nitrogens is 1. The summed E-state index contributed by atoms with van der Waals surface area (Å²) in [5.74, 6) is -0.558. The molecule has 0 spiro atoms. The number of carboxylic acids is 1. The largest absolute Gasteiger partial charge is 0.544 e. The minimum Gasteiger partial charge on any atom is -0.544 e. The predicted molar refractivity (Wildman–Crippen MR) is 80.7 cm³/mol. The van der Waals surface area contributed by atoms with Gasteiger partial charge in [-0.3, -0.25) is 5.10 Å². The van der Waals surface area contributed by atoms with Crippen molar-refractivity contribution in [2.24, 2.45) is 0 Å². The van der Waals surface area contributed by atoms with E-state index >= 15 is 0 Å². The lowest BCUT2D eigenvalue weighted by Gasteiger charge is -2.06. The third-order valence-electron chi connectivity index (χ3n) is 2.59. The van der Waals surface area contributed by atoms with Crippen LogP contribution in [0.2, 0.25) is 5.02 Å². The summed E-state index contributed by atoms with van der Waals surface area (Å²) in [4.78, 5) is 15.5. The van der Waals surface area contributed by atoms with Gasteiger partial charge in [0, 0.05) is 16.3 Å². The number of aliphatic carboxylic acids is 1. The van der Waals surface area contributed by atoms with Gasteiger partial charge in [0.25, 0.3) is 0 Å². The van der Waals surface area contributed by atoms with E-state index in [-0.39, 0.29) is 4.91 Å². The maximum absolute atomic E-state index is 11.2. The van der Waals surface area contributed by atoms with E-state index in [1.807, 2.05) is 6.92 Å². The number of nitrogens with one attached hydrogen (secondary N) is 1. The summed E-state index contributed by atoms with van der Waals surface area (Å²) in [6.45, 7) is 2.03. The molecule has 0 aliphatic heterocycles. The van der Waals surface area contributed by atoms with Crippen LogP contribution in [-0.4, -0.2) is 21.2 Å². The van der Waals surface area contributed by atoms with Crippen LogP contribution in [0.25, 0.3) is 6.08 Å². The zero-order valence-corrected chi connectivity index (χ0v) is 12.9. The second-order valence-corrected chi connectivity index (χ2v) is 5.65. The number of halogens is 1. The van der Waals surface area contributed by atoms with Crippen LogP contribution in [0.1, 0.15) is 24.7 Å². The van der Waals surface area contributed by atoms with Gasteiger partial charge < -0.3 is 9.90 Å². The molecule has 0 amide bonds. The van der Waals surface area contributed by atoms with E-state index in [0.717, 1.165) is 30.4 Å². The quantitative estimate of drug-likeness (QED) is 0.652. The molecular weight excluding hydrogens is 310 g/mol. The Morgan fingerprint density at radius 3 is 2.90 bits per heavy atom. The van der Waals surface area contributed by atoms with Crippen molar-refractivity contribution in [3.63, 3.8) is 0 Å². The van der Waals surface area contributed by atoms with Crippen molar-refractivity contribution in [3.8, 4) is 0 Å². The molecule has 0 bridgehead atoms. The van der Waals surface area contributed by atoms with Crippen molar-refractivity contribution in [1.82, 2.24) is 15.2 Å². The number of carbonyl (C=O) groups is 1. The van der Waals surface area contributed by atoms with Gasteiger partial charge in [-0.1, -0.05) is 36.7 Å². The van der Waals surface area contributed by atoms with Gasteiger partial charge in [-0.05, 0) is 35.9 Å². The molecule has 1 heterocycles. The van der Waals surface area contributed by atoms with Crippen LogP contribution >= 0.6 is 23.4 Å². The van der Waals surface area contributed by atoms with Crippen molar-refractivity contribution in [2.45, 2.75) is 24.9 Å². The molecular formula is C14H13ClN3O2S-. The van der Waals surface area contributed by atoms with E-state index < -0.39 is 5.97 Å². The van der Waals surface area contributed by atoms with Crippen LogP contribution in [-0.2, 0) is 11.2 Å². The van der Waals surface area contributed by atoms with E-state index in [0.29, 0.717) is 15.7 Å². The highest BCUT2D eigenvalue weighted by Crippen LogP contribution is 2.27. The van der Waals surface area contributed by atoms with Crippen molar-refractivity contribution >= 4 is 35.4 Å². The molecule has 1 aromatic heterocycles. The Bertz CT molecular complexity index is 670. The molecule has 2 rings (SSSR count). The first-order valence-corrected chi connectivity index (χ1v) is 7.56. The lowest BCUT2D eigenvalue weighted by Crippen LogP contribution is -2.23. The molecule has 2 aromatic rings. The van der Waals surface area contributed by atoms with Gasteiger partial charge in [0.15, 0.2) is 0 Å². The normalized spacial score (nSPS) is 11.6. The van der Waals surface area contributed by atoms with Gasteiger partial charge in [0.1, 0.15) is 5.82 Å². The fraction of sp³-hybridized carbons (Fsp3) is 0.214. The van der Waals surface area contributed by atoms with Crippen LogP contribution in [0, 0.1) is 0 Å². The Balaban J connectivity index is 2.23. The van der Waals surface area contributed by atoms with E-state index in [1.165, 1.54) is 6.08 Å². The van der Waals surface area contributed by atoms with Gasteiger partial charge >= 0.3 is 0 Å². The molecule has 0 saturated heterocycles. The zero-order valence-electron chi connectivity index (χ0n) is 11.3. The maximum atomic E-state index is 11.2. The number of benzene rings is 1. The first-order chi connectivity index (χ1) is 10.1. The minimum absolute atomic E-state index is 0.00477. The zero-order chi connectivity index (χ0) is 15.2. The molecule has 1 aromatic carbocycles. The Morgan fingerprint density at radius 2 is 2.24 bits per heavy atom. The average Bonchev–Trinajstić information content (AvgIpc) is 2.88. The van der Waals surface area contributed by atoms with Gasteiger partial charge in [-0.2, -0.15) is 0 Å². The molecule has 0 fully saturated rings. The highest BCUT2D eigenvalue weighted by atomic mass is 35.5. The van der Waals surface area contributed by atoms with Crippen molar-refractivity contribution < 1.29 is 9.90 Å². The molecule has 0 saturated carbocycles. The topological polar surface area (TPSA) is 81.7 Å². The second kappa shape index (κ2) is 7.28. The number of rotatable bonds is 6. The van der Waals surface area contributed by atoms with E-state index in [9.17, 15) is 9.90 Å². The number of hydrogen-bond acceptors (Lipinski definition) is 5. The minimum atomic E-state index is -1.29. The van der Waals surface area contributed by atoms with E-state index in [1.54, 1.807) is 24.3 Å². The van der Waals surface area contributed by atoms with Crippen LogP contribution in [0.3, 0.4) is 0 Å². The fourth-order valence-corrected chi connectivity index (χ4v) is 2.54. The summed E-state index contributed by atoms with van der Waals surface area (Å²) in [6.07, 6.45) is 3.16. The lowest BCUT2D eigenvalue weighted by atomic mass is 10.2. The summed E-state index contributed by atoms with van der Waals surface area (Å²) in [6, 6.07) is 6.97. The standard InChI is InChI=1S/C14H14ClN3O2S/c1-2-5-12-16-14(18-17-12)21-11(13(19)20)8-9-6-3-4-7-10(9)15/h3-4,6-8H,2,5H2,1H3,(H,19,20)(H,16,17,18)/p-1/b11-8-. The number of nitrogens with zero attached hydrogens (tertiary/aromatic N) is 2. The predicted octanol–water partition coefficient (Wildman–Crippen LogP) is 2.29. The number of aromatic nitrogens is 3. The van der Waals surface area contributed by atoms with Gasteiger partial charge in [0.2, 0.25) is 5.16 Å². The number of carbonyl (C=O) groups excluding carboxylic acids is 1. The van der Waals surface area contributed by atoms with Crippen molar-refractivity contribution in [2.75, 3.05) is 0 Å². The molecule has 21 heavy (non-hydrogen) atoms. The number of aromatic amines is 1. The number of hydrogen-bond donors (Lipinski definition) is 1. The van der Waals surface area contributed by atoms with E-state index in [2.05, 4.69) is 15.2 Å². The molecule has 0 aliphatic rings. The van der Waals surface area contributed by atoms with Crippen LogP contribution < -0.4 is 5.11 Å². The Kier molecular flexibility index (Phi) is 5.41. The number of carboxylic acid groups (broad SMARTS) is 1. The first-order valence-electron chi connectivity index (χ1n) is 6.37. The van der Waals surface area contributed by atoms with E-state index in [4.69, 9.17) is 11.6 Å². The van der Waals surface area contributed by atoms with Crippen molar-refractivity contribution in [3.05, 3.63) is 45.6 Å². The molecule has 0 radical (unpaired) electrons. The summed E-state index contributed by atoms with van der Waals surface area (Å²) in [5, 5.41) is 18.8. The Morgan fingerprint density at radius 1 is 1.48 bits per heavy atom. The highest BCUT2D eigenvalue weighted by molar-refractivity contribution is 8.04. The monoisotopic (exact) mass is 322 g/mol. The van der Waals surface area contributed by atoms with Gasteiger partial charge in [-0.15, -0.1) is 5.10 Å². The summed E-state index contributed by atoms with van der Waals surface area (Å²) in [7, 11) is 0. The third kappa shape index (κ3) is 4.34. The summed E-state index contributed by atoms with van der Waals surface area (Å²) in [5.41, 5.74) is 0.607. The molecule has 0 aliphatic carbocycles. The lowest BCUT2D eigenvalue weighted by molar-refractivity contribution is -0.297. The van der Waals surface area contributed by atoms with Gasteiger partial charge in [-0.25, -0.2) is 4.98 Å². The van der Waals surface area contributed by atoms with Crippen LogP contribution in [0.5, 0.6) is 0 Å². The first kappa shape index (κ1) is 15.6. The molecule has 110 valence electrons. The maximum Gasteiger partial charge on any atom is 0.213 e. The highest BCUT2D eigenvalue weighted by Gasteiger charge is 2.09. The molecule has 7 heteroatoms. The molecule has 1 N–H and O–H groups in total. The molecule has 5 nitrogen and oxygen atoms in total. The average molecular weight is 323 g/mol. The van der Waals surface area contributed by atoms with Crippen LogP contribution in [0.4, 0.5) is 0 Å². The Labute approximate surface area is 131 Å². The summed E-state index contributed by atoms with van der Waals surface area (Å²) < 4.78 is 0. The smallest absolute Gasteiger partial charge is 0.213 e. The second-order valence-electron chi connectivity index (χ2n) is 4.23. The Hall–Kier alpha value is -1.79. The van der Waals surface area contributed by atoms with Gasteiger partial charge in [0.05, 0.1) is 5.97 Å². The number of aryl methyl sites for hydroxylation is 1. The summed E-state index contributed by atoms with van der Waals surface area (Å²) >= 11 is 6.95. The number of thioether (sulfide) groups is 1. The van der Waals surface area contributed by atoms with Crippen molar-refractivity contribution in [1.29, 1.82) is 0 Å². The fourth-order valence-electron chi connectivity index (χ4n) is 1.63. The molecule has 0 atom stereocenters.